The fourth-order valence-electron chi connectivity index (χ4n) is 1.35. The minimum absolute atomic E-state index is 0.0254. The first-order chi connectivity index (χ1) is 8.13. The molecule has 0 aromatic heterocycles. The van der Waals surface area contributed by atoms with Gasteiger partial charge in [0, 0.05) is 0 Å². The number of allylic oxidation sites excluding steroid dienone is 1. The lowest BCUT2D eigenvalue weighted by molar-refractivity contribution is -0.136. The smallest absolute Gasteiger partial charge is 0.307 e. The van der Waals surface area contributed by atoms with Crippen LogP contribution in [0, 0.1) is 0 Å². The molecule has 1 N–H and O–H groups in total. The number of rotatable bonds is 6. The van der Waals surface area contributed by atoms with Crippen LogP contribution >= 0.6 is 11.6 Å². The maximum Gasteiger partial charge on any atom is 0.307 e. The zero-order valence-electron chi connectivity index (χ0n) is 9.65. The van der Waals surface area contributed by atoms with Crippen molar-refractivity contribution >= 4 is 17.6 Å². The first-order valence-electron chi connectivity index (χ1n) is 5.37. The molecule has 1 aromatic carbocycles. The van der Waals surface area contributed by atoms with Gasteiger partial charge in [-0.15, -0.1) is 0 Å². The van der Waals surface area contributed by atoms with E-state index < -0.39 is 5.97 Å². The molecule has 3 nitrogen and oxygen atoms in total. The zero-order chi connectivity index (χ0) is 12.7. The molecule has 0 fully saturated rings. The molecule has 0 heterocycles. The molecule has 0 aliphatic rings. The number of benzene rings is 1. The molecule has 0 bridgehead atoms. The van der Waals surface area contributed by atoms with Gasteiger partial charge >= 0.3 is 5.97 Å². The normalized spacial score (nSPS) is 10.7. The van der Waals surface area contributed by atoms with Gasteiger partial charge < -0.3 is 9.84 Å². The summed E-state index contributed by atoms with van der Waals surface area (Å²) in [6.07, 6.45) is 4.72. The number of aliphatic carboxylic acids is 1. The molecule has 0 atom stereocenters. The topological polar surface area (TPSA) is 46.5 Å². The molecule has 0 radical (unpaired) electrons. The average Bonchev–Trinajstić information content (AvgIpc) is 2.28. The number of ether oxygens (including phenoxy) is 1. The zero-order valence-corrected chi connectivity index (χ0v) is 10.4. The first kappa shape index (κ1) is 13.6. The van der Waals surface area contributed by atoms with Crippen molar-refractivity contribution in [3.63, 3.8) is 0 Å². The van der Waals surface area contributed by atoms with Crippen LogP contribution in [0.1, 0.15) is 18.9 Å². The highest BCUT2D eigenvalue weighted by Gasteiger charge is 2.06. The van der Waals surface area contributed by atoms with Crippen molar-refractivity contribution in [2.75, 3.05) is 6.61 Å². The molecular formula is C13H15ClO3. The standard InChI is InChI=1S/C13H15ClO3/c1-2-3-4-7-17-12-8-10(9-13(15)16)5-6-11(12)14/h2-3,5-6,8H,4,7,9H2,1H3,(H,15,16)/b3-2-. The largest absolute Gasteiger partial charge is 0.492 e. The second-order valence-corrected chi connectivity index (χ2v) is 3.95. The van der Waals surface area contributed by atoms with Crippen molar-refractivity contribution in [1.29, 1.82) is 0 Å². The molecule has 0 aliphatic carbocycles. The molecule has 0 saturated carbocycles. The van der Waals surface area contributed by atoms with Crippen molar-refractivity contribution in [2.45, 2.75) is 19.8 Å². The molecule has 92 valence electrons. The number of carboxylic acid groups (broad SMARTS) is 1. The molecular weight excluding hydrogens is 240 g/mol. The second-order valence-electron chi connectivity index (χ2n) is 3.54. The lowest BCUT2D eigenvalue weighted by Crippen LogP contribution is -2.01. The SMILES string of the molecule is C/C=C\CCOc1cc(CC(=O)O)ccc1Cl. The van der Waals surface area contributed by atoms with E-state index in [0.29, 0.717) is 22.9 Å². The van der Waals surface area contributed by atoms with Crippen LogP contribution in [-0.2, 0) is 11.2 Å². The van der Waals surface area contributed by atoms with Gasteiger partial charge in [0.25, 0.3) is 0 Å². The van der Waals surface area contributed by atoms with Gasteiger partial charge in [-0.05, 0) is 31.0 Å². The van der Waals surface area contributed by atoms with Gasteiger partial charge in [0.05, 0.1) is 18.1 Å². The van der Waals surface area contributed by atoms with Crippen LogP contribution in [0.5, 0.6) is 5.75 Å². The summed E-state index contributed by atoms with van der Waals surface area (Å²) in [5.41, 5.74) is 0.683. The van der Waals surface area contributed by atoms with Crippen LogP contribution in [0.3, 0.4) is 0 Å². The predicted octanol–water partition coefficient (Wildman–Crippen LogP) is 3.31. The van der Waals surface area contributed by atoms with Crippen LogP contribution in [0.25, 0.3) is 0 Å². The summed E-state index contributed by atoms with van der Waals surface area (Å²) in [6, 6.07) is 5.02. The molecule has 4 heteroatoms. The van der Waals surface area contributed by atoms with Gasteiger partial charge in [0.1, 0.15) is 5.75 Å². The van der Waals surface area contributed by atoms with Crippen LogP contribution in [-0.4, -0.2) is 17.7 Å². The van der Waals surface area contributed by atoms with Crippen LogP contribution in [0.2, 0.25) is 5.02 Å². The Hall–Kier alpha value is -1.48. The van der Waals surface area contributed by atoms with Gasteiger partial charge in [0.15, 0.2) is 0 Å². The average molecular weight is 255 g/mol. The third-order valence-electron chi connectivity index (χ3n) is 2.13. The number of carbonyl (C=O) groups is 1. The minimum atomic E-state index is -0.868. The van der Waals surface area contributed by atoms with E-state index in [0.717, 1.165) is 6.42 Å². The van der Waals surface area contributed by atoms with Crippen LogP contribution < -0.4 is 4.74 Å². The molecule has 17 heavy (non-hydrogen) atoms. The van der Waals surface area contributed by atoms with E-state index >= 15 is 0 Å². The molecule has 0 saturated heterocycles. The Morgan fingerprint density at radius 1 is 1.53 bits per heavy atom. The van der Waals surface area contributed by atoms with Gasteiger partial charge in [-0.3, -0.25) is 4.79 Å². The summed E-state index contributed by atoms with van der Waals surface area (Å²) in [5, 5.41) is 9.19. The summed E-state index contributed by atoms with van der Waals surface area (Å²) in [5.74, 6) is -0.331. The first-order valence-corrected chi connectivity index (χ1v) is 5.75. The highest BCUT2D eigenvalue weighted by molar-refractivity contribution is 6.32. The molecule has 0 amide bonds. The predicted molar refractivity (Wildman–Crippen MR) is 67.7 cm³/mol. The Morgan fingerprint density at radius 2 is 2.29 bits per heavy atom. The fourth-order valence-corrected chi connectivity index (χ4v) is 1.52. The van der Waals surface area contributed by atoms with E-state index in [-0.39, 0.29) is 6.42 Å². The van der Waals surface area contributed by atoms with Gasteiger partial charge in [-0.25, -0.2) is 0 Å². The van der Waals surface area contributed by atoms with Crippen LogP contribution in [0.4, 0.5) is 0 Å². The Bertz CT molecular complexity index is 413. The maximum atomic E-state index is 10.6. The van der Waals surface area contributed by atoms with Crippen molar-refractivity contribution < 1.29 is 14.6 Å². The molecule has 0 unspecified atom stereocenters. The Kier molecular flexibility index (Phi) is 5.57. The summed E-state index contributed by atoms with van der Waals surface area (Å²) < 4.78 is 5.48. The van der Waals surface area contributed by atoms with Gasteiger partial charge in [-0.2, -0.15) is 0 Å². The fraction of sp³-hybridized carbons (Fsp3) is 0.308. The lowest BCUT2D eigenvalue weighted by atomic mass is 10.1. The number of hydrogen-bond acceptors (Lipinski definition) is 2. The van der Waals surface area contributed by atoms with Gasteiger partial charge in [0.2, 0.25) is 0 Å². The maximum absolute atomic E-state index is 10.6. The second kappa shape index (κ2) is 6.97. The summed E-state index contributed by atoms with van der Waals surface area (Å²) in [6.45, 7) is 2.47. The minimum Gasteiger partial charge on any atom is -0.492 e. The molecule has 0 spiro atoms. The summed E-state index contributed by atoms with van der Waals surface area (Å²) in [4.78, 5) is 10.6. The van der Waals surface area contributed by atoms with Crippen molar-refractivity contribution in [3.8, 4) is 5.75 Å². The Balaban J connectivity index is 2.66. The monoisotopic (exact) mass is 254 g/mol. The lowest BCUT2D eigenvalue weighted by Gasteiger charge is -2.08. The van der Waals surface area contributed by atoms with Crippen LogP contribution in [0.15, 0.2) is 30.4 Å². The third-order valence-corrected chi connectivity index (χ3v) is 2.44. The van der Waals surface area contributed by atoms with E-state index in [1.165, 1.54) is 0 Å². The summed E-state index contributed by atoms with van der Waals surface area (Å²) >= 11 is 5.96. The molecule has 0 aliphatic heterocycles. The molecule has 1 aromatic rings. The number of halogens is 1. The van der Waals surface area contributed by atoms with Gasteiger partial charge in [-0.1, -0.05) is 29.8 Å². The quantitative estimate of drug-likeness (QED) is 0.626. The van der Waals surface area contributed by atoms with E-state index in [1.54, 1.807) is 18.2 Å². The highest BCUT2D eigenvalue weighted by atomic mass is 35.5. The molecule has 1 rings (SSSR count). The van der Waals surface area contributed by atoms with Crippen molar-refractivity contribution in [1.82, 2.24) is 0 Å². The van der Waals surface area contributed by atoms with E-state index in [1.807, 2.05) is 19.1 Å². The van der Waals surface area contributed by atoms with Crippen molar-refractivity contribution in [2.24, 2.45) is 0 Å². The number of hydrogen-bond donors (Lipinski definition) is 1. The Labute approximate surface area is 106 Å². The van der Waals surface area contributed by atoms with E-state index in [2.05, 4.69) is 0 Å². The highest BCUT2D eigenvalue weighted by Crippen LogP contribution is 2.25. The number of carboxylic acids is 1. The van der Waals surface area contributed by atoms with Crippen molar-refractivity contribution in [3.05, 3.63) is 40.9 Å². The third kappa shape index (κ3) is 4.91. The van der Waals surface area contributed by atoms with E-state index in [4.69, 9.17) is 21.4 Å². The van der Waals surface area contributed by atoms with E-state index in [9.17, 15) is 4.79 Å². The Morgan fingerprint density at radius 3 is 2.94 bits per heavy atom. The summed E-state index contributed by atoms with van der Waals surface area (Å²) in [7, 11) is 0.